The third kappa shape index (κ3) is 3.52. The Labute approximate surface area is 147 Å². The molecule has 2 fully saturated rings. The zero-order chi connectivity index (χ0) is 18.4. The zero-order valence-electron chi connectivity index (χ0n) is 14.9. The van der Waals surface area contributed by atoms with E-state index < -0.39 is 11.5 Å². The molecule has 0 unspecified atom stereocenters. The van der Waals surface area contributed by atoms with E-state index in [0.29, 0.717) is 25.2 Å². The Balaban J connectivity index is 1.80. The molecule has 25 heavy (non-hydrogen) atoms. The summed E-state index contributed by atoms with van der Waals surface area (Å²) < 4.78 is 0. The van der Waals surface area contributed by atoms with Crippen molar-refractivity contribution < 1.29 is 19.5 Å². The Kier molecular flexibility index (Phi) is 4.31. The van der Waals surface area contributed by atoms with Gasteiger partial charge in [-0.2, -0.15) is 0 Å². The predicted octanol–water partition coefficient (Wildman–Crippen LogP) is 2.17. The maximum Gasteiger partial charge on any atom is 0.335 e. The first-order valence-corrected chi connectivity index (χ1v) is 8.65. The number of carboxylic acid groups (broad SMARTS) is 1. The van der Waals surface area contributed by atoms with Gasteiger partial charge in [-0.3, -0.25) is 9.59 Å². The molecule has 6 heteroatoms. The molecule has 0 radical (unpaired) electrons. The number of carbonyl (C=O) groups excluding carboxylic acids is 2. The fraction of sp³-hybridized carbons (Fsp3) is 0.526. The second-order valence-corrected chi connectivity index (χ2v) is 7.70. The lowest BCUT2D eigenvalue weighted by atomic mass is 9.96. The van der Waals surface area contributed by atoms with Crippen LogP contribution in [-0.4, -0.2) is 57.9 Å². The average molecular weight is 344 g/mol. The molecule has 6 nitrogen and oxygen atoms in total. The van der Waals surface area contributed by atoms with Crippen molar-refractivity contribution in [2.75, 3.05) is 19.6 Å². The van der Waals surface area contributed by atoms with Crippen LogP contribution in [0, 0.1) is 12.8 Å². The summed E-state index contributed by atoms with van der Waals surface area (Å²) in [5, 5.41) is 9.21. The van der Waals surface area contributed by atoms with E-state index in [-0.39, 0.29) is 23.3 Å². The van der Waals surface area contributed by atoms with E-state index in [9.17, 15) is 19.5 Å². The number of benzene rings is 1. The molecule has 134 valence electrons. The van der Waals surface area contributed by atoms with Gasteiger partial charge in [0, 0.05) is 31.1 Å². The minimum atomic E-state index is -1.04. The van der Waals surface area contributed by atoms with Gasteiger partial charge >= 0.3 is 5.97 Å². The van der Waals surface area contributed by atoms with Crippen LogP contribution in [0.3, 0.4) is 0 Å². The van der Waals surface area contributed by atoms with Gasteiger partial charge in [-0.15, -0.1) is 0 Å². The van der Waals surface area contributed by atoms with Crippen molar-refractivity contribution in [1.82, 2.24) is 9.80 Å². The molecular weight excluding hydrogens is 320 g/mol. The minimum Gasteiger partial charge on any atom is -0.478 e. The molecule has 1 aliphatic carbocycles. The van der Waals surface area contributed by atoms with E-state index in [2.05, 4.69) is 0 Å². The molecule has 1 aromatic rings. The maximum atomic E-state index is 13.0. The Morgan fingerprint density at radius 1 is 1.08 bits per heavy atom. The van der Waals surface area contributed by atoms with Crippen molar-refractivity contribution in [3.8, 4) is 0 Å². The molecule has 1 heterocycles. The zero-order valence-corrected chi connectivity index (χ0v) is 14.9. The molecule has 0 spiro atoms. The van der Waals surface area contributed by atoms with E-state index in [1.54, 1.807) is 24.0 Å². The summed E-state index contributed by atoms with van der Waals surface area (Å²) in [6.07, 6.45) is 1.94. The molecular formula is C19H24N2O4. The highest BCUT2D eigenvalue weighted by Gasteiger charge is 2.42. The van der Waals surface area contributed by atoms with E-state index in [1.807, 2.05) is 18.7 Å². The lowest BCUT2D eigenvalue weighted by Crippen LogP contribution is -2.62. The Hall–Kier alpha value is -2.37. The summed E-state index contributed by atoms with van der Waals surface area (Å²) in [6, 6.07) is 4.69. The number of carbonyl (C=O) groups is 3. The van der Waals surface area contributed by atoms with Crippen LogP contribution in [-0.2, 0) is 4.79 Å². The van der Waals surface area contributed by atoms with Gasteiger partial charge in [0.15, 0.2) is 0 Å². The number of hydrogen-bond donors (Lipinski definition) is 1. The summed E-state index contributed by atoms with van der Waals surface area (Å²) in [6.45, 7) is 7.17. The highest BCUT2D eigenvalue weighted by molar-refractivity contribution is 5.98. The molecule has 1 saturated carbocycles. The second-order valence-electron chi connectivity index (χ2n) is 7.70. The standard InChI is InChI=1S/C19H24N2O4/c1-12-8-14(10-15(9-12)18(24)25)17(23)21-7-6-20(11-19(21,2)3)16(22)13-4-5-13/h8-10,13H,4-7,11H2,1-3H3,(H,24,25). The average Bonchev–Trinajstić information content (AvgIpc) is 3.36. The van der Waals surface area contributed by atoms with Gasteiger partial charge in [0.1, 0.15) is 0 Å². The van der Waals surface area contributed by atoms with Gasteiger partial charge in [-0.05, 0) is 57.4 Å². The van der Waals surface area contributed by atoms with Crippen molar-refractivity contribution in [2.24, 2.45) is 5.92 Å². The number of hydrogen-bond acceptors (Lipinski definition) is 3. The Morgan fingerprint density at radius 3 is 2.28 bits per heavy atom. The predicted molar refractivity (Wildman–Crippen MR) is 92.6 cm³/mol. The smallest absolute Gasteiger partial charge is 0.335 e. The van der Waals surface area contributed by atoms with Crippen molar-refractivity contribution in [3.05, 3.63) is 34.9 Å². The number of carboxylic acids is 1. The first-order chi connectivity index (χ1) is 11.7. The van der Waals surface area contributed by atoms with E-state index in [1.165, 1.54) is 6.07 Å². The summed E-state index contributed by atoms with van der Waals surface area (Å²) in [7, 11) is 0. The third-order valence-corrected chi connectivity index (χ3v) is 4.96. The first kappa shape index (κ1) is 17.5. The number of aryl methyl sites for hydroxylation is 1. The molecule has 0 aromatic heterocycles. The summed E-state index contributed by atoms with van der Waals surface area (Å²) in [5.41, 5.74) is 0.743. The van der Waals surface area contributed by atoms with Crippen LogP contribution in [0.25, 0.3) is 0 Å². The maximum absolute atomic E-state index is 13.0. The van der Waals surface area contributed by atoms with Crippen molar-refractivity contribution in [1.29, 1.82) is 0 Å². The van der Waals surface area contributed by atoms with Gasteiger partial charge in [0.2, 0.25) is 5.91 Å². The first-order valence-electron chi connectivity index (χ1n) is 8.65. The molecule has 1 aromatic carbocycles. The number of rotatable bonds is 3. The van der Waals surface area contributed by atoms with Crippen LogP contribution in [0.15, 0.2) is 18.2 Å². The lowest BCUT2D eigenvalue weighted by Gasteiger charge is -2.47. The van der Waals surface area contributed by atoms with Crippen LogP contribution in [0.1, 0.15) is 53.0 Å². The van der Waals surface area contributed by atoms with E-state index in [4.69, 9.17) is 0 Å². The Morgan fingerprint density at radius 2 is 1.72 bits per heavy atom. The lowest BCUT2D eigenvalue weighted by molar-refractivity contribution is -0.136. The van der Waals surface area contributed by atoms with Crippen LogP contribution in [0.5, 0.6) is 0 Å². The van der Waals surface area contributed by atoms with E-state index in [0.717, 1.165) is 18.4 Å². The molecule has 0 bridgehead atoms. The molecule has 3 rings (SSSR count). The summed E-state index contributed by atoms with van der Waals surface area (Å²) >= 11 is 0. The van der Waals surface area contributed by atoms with Gasteiger partial charge in [-0.1, -0.05) is 0 Å². The van der Waals surface area contributed by atoms with Crippen LogP contribution in [0.2, 0.25) is 0 Å². The molecule has 1 N–H and O–H groups in total. The topological polar surface area (TPSA) is 77.9 Å². The van der Waals surface area contributed by atoms with Gasteiger partial charge in [0.25, 0.3) is 5.91 Å². The molecule has 1 aliphatic heterocycles. The highest BCUT2D eigenvalue weighted by atomic mass is 16.4. The second kappa shape index (κ2) is 6.17. The SMILES string of the molecule is Cc1cc(C(=O)O)cc(C(=O)N2CCN(C(=O)C3CC3)CC2(C)C)c1. The normalized spacial score (nSPS) is 19.6. The molecule has 1 saturated heterocycles. The third-order valence-electron chi connectivity index (χ3n) is 4.96. The van der Waals surface area contributed by atoms with Gasteiger partial charge in [0.05, 0.1) is 11.1 Å². The molecule has 2 amide bonds. The molecule has 0 atom stereocenters. The van der Waals surface area contributed by atoms with Crippen LogP contribution in [0.4, 0.5) is 0 Å². The summed E-state index contributed by atoms with van der Waals surface area (Å²) in [5.74, 6) is -0.858. The highest BCUT2D eigenvalue weighted by Crippen LogP contribution is 2.33. The number of amides is 2. The monoisotopic (exact) mass is 344 g/mol. The van der Waals surface area contributed by atoms with Crippen molar-refractivity contribution in [3.63, 3.8) is 0 Å². The van der Waals surface area contributed by atoms with E-state index >= 15 is 0 Å². The number of aromatic carboxylic acids is 1. The van der Waals surface area contributed by atoms with Crippen LogP contribution >= 0.6 is 0 Å². The molecule has 2 aliphatic rings. The van der Waals surface area contributed by atoms with Gasteiger partial charge in [-0.25, -0.2) is 4.79 Å². The largest absolute Gasteiger partial charge is 0.478 e. The van der Waals surface area contributed by atoms with Gasteiger partial charge < -0.3 is 14.9 Å². The van der Waals surface area contributed by atoms with Crippen LogP contribution < -0.4 is 0 Å². The fourth-order valence-corrected chi connectivity index (χ4v) is 3.49. The van der Waals surface area contributed by atoms with Crippen molar-refractivity contribution >= 4 is 17.8 Å². The number of piperazine rings is 1. The van der Waals surface area contributed by atoms with Crippen molar-refractivity contribution in [2.45, 2.75) is 39.2 Å². The summed E-state index contributed by atoms with van der Waals surface area (Å²) in [4.78, 5) is 40.2. The minimum absolute atomic E-state index is 0.115. The quantitative estimate of drug-likeness (QED) is 0.911. The Bertz CT molecular complexity index is 737. The number of nitrogens with zero attached hydrogens (tertiary/aromatic N) is 2. The fourth-order valence-electron chi connectivity index (χ4n) is 3.49.